The lowest BCUT2D eigenvalue weighted by molar-refractivity contribution is -0.145. The highest BCUT2D eigenvalue weighted by molar-refractivity contribution is 5.85. The van der Waals surface area contributed by atoms with Crippen molar-refractivity contribution in [3.63, 3.8) is 0 Å². The normalized spacial score (nSPS) is 12.4. The monoisotopic (exact) mass is 228 g/mol. The minimum absolute atomic E-state index is 0.0849. The predicted molar refractivity (Wildman–Crippen MR) is 68.9 cm³/mol. The first-order chi connectivity index (χ1) is 8.16. The number of hydrogen-bond acceptors (Lipinski definition) is 2. The Bertz CT molecular complexity index is 526. The van der Waals surface area contributed by atoms with Gasteiger partial charge in [0.25, 0.3) is 0 Å². The minimum Gasteiger partial charge on any atom is -0.463 e. The Morgan fingerprint density at radius 3 is 2.65 bits per heavy atom. The lowest BCUT2D eigenvalue weighted by Crippen LogP contribution is -2.15. The van der Waals surface area contributed by atoms with Gasteiger partial charge in [-0.3, -0.25) is 4.79 Å². The van der Waals surface area contributed by atoms with Gasteiger partial charge in [0.15, 0.2) is 0 Å². The van der Waals surface area contributed by atoms with Crippen molar-refractivity contribution in [2.75, 3.05) is 0 Å². The van der Waals surface area contributed by atoms with E-state index in [1.54, 1.807) is 0 Å². The molecule has 2 rings (SSSR count). The van der Waals surface area contributed by atoms with Crippen molar-refractivity contribution in [3.05, 3.63) is 48.0 Å². The molecule has 2 aromatic carbocycles. The Kier molecular flexibility index (Phi) is 3.43. The van der Waals surface area contributed by atoms with E-state index in [0.29, 0.717) is 0 Å². The number of carbonyl (C=O) groups is 1. The summed E-state index contributed by atoms with van der Waals surface area (Å²) in [5.41, 5.74) is 1.22. The SMILES string of the molecule is CC(=O)OC(C)Cc1cccc2ccccc12. The average Bonchev–Trinajstić information content (AvgIpc) is 2.28. The second-order valence-corrected chi connectivity index (χ2v) is 4.26. The van der Waals surface area contributed by atoms with E-state index in [4.69, 9.17) is 4.74 Å². The zero-order valence-electron chi connectivity index (χ0n) is 10.1. The molecule has 0 amide bonds. The molecule has 0 saturated carbocycles. The topological polar surface area (TPSA) is 26.3 Å². The van der Waals surface area contributed by atoms with Gasteiger partial charge in [0, 0.05) is 13.3 Å². The van der Waals surface area contributed by atoms with Crippen LogP contribution in [0.3, 0.4) is 0 Å². The predicted octanol–water partition coefficient (Wildman–Crippen LogP) is 3.33. The number of esters is 1. The molecule has 0 aliphatic rings. The lowest BCUT2D eigenvalue weighted by Gasteiger charge is -2.13. The van der Waals surface area contributed by atoms with Crippen LogP contribution in [0.25, 0.3) is 10.8 Å². The first kappa shape index (κ1) is 11.6. The molecular weight excluding hydrogens is 212 g/mol. The first-order valence-corrected chi connectivity index (χ1v) is 5.80. The Morgan fingerprint density at radius 1 is 1.18 bits per heavy atom. The summed E-state index contributed by atoms with van der Waals surface area (Å²) in [4.78, 5) is 10.9. The fourth-order valence-electron chi connectivity index (χ4n) is 2.11. The number of fused-ring (bicyclic) bond motifs is 1. The largest absolute Gasteiger partial charge is 0.463 e. The number of hydrogen-bond donors (Lipinski definition) is 0. The van der Waals surface area contributed by atoms with E-state index in [0.717, 1.165) is 6.42 Å². The van der Waals surface area contributed by atoms with Crippen LogP contribution in [0.15, 0.2) is 42.5 Å². The maximum Gasteiger partial charge on any atom is 0.302 e. The van der Waals surface area contributed by atoms with Crippen LogP contribution >= 0.6 is 0 Å². The van der Waals surface area contributed by atoms with Gasteiger partial charge in [-0.1, -0.05) is 42.5 Å². The average molecular weight is 228 g/mol. The lowest BCUT2D eigenvalue weighted by atomic mass is 10.0. The van der Waals surface area contributed by atoms with Gasteiger partial charge < -0.3 is 4.74 Å². The number of ether oxygens (including phenoxy) is 1. The summed E-state index contributed by atoms with van der Waals surface area (Å²) >= 11 is 0. The van der Waals surface area contributed by atoms with Crippen LogP contribution in [0.1, 0.15) is 19.4 Å². The maximum atomic E-state index is 10.9. The summed E-state index contributed by atoms with van der Waals surface area (Å²) in [6, 6.07) is 14.5. The molecule has 0 aromatic heterocycles. The second kappa shape index (κ2) is 5.00. The Balaban J connectivity index is 2.26. The molecule has 0 bridgehead atoms. The standard InChI is InChI=1S/C15H16O2/c1-11(17-12(2)16)10-14-8-5-7-13-6-3-4-9-15(13)14/h3-9,11H,10H2,1-2H3. The van der Waals surface area contributed by atoms with E-state index in [2.05, 4.69) is 24.3 Å². The van der Waals surface area contributed by atoms with Crippen molar-refractivity contribution in [2.45, 2.75) is 26.4 Å². The highest BCUT2D eigenvalue weighted by atomic mass is 16.5. The van der Waals surface area contributed by atoms with Crippen molar-refractivity contribution >= 4 is 16.7 Å². The van der Waals surface area contributed by atoms with Gasteiger partial charge in [0.05, 0.1) is 0 Å². The molecule has 2 aromatic rings. The van der Waals surface area contributed by atoms with Gasteiger partial charge in [-0.25, -0.2) is 0 Å². The zero-order chi connectivity index (χ0) is 12.3. The van der Waals surface area contributed by atoms with Crippen molar-refractivity contribution in [1.29, 1.82) is 0 Å². The van der Waals surface area contributed by atoms with Crippen LogP contribution in [0.5, 0.6) is 0 Å². The Hall–Kier alpha value is -1.83. The maximum absolute atomic E-state index is 10.9. The van der Waals surface area contributed by atoms with Gasteiger partial charge >= 0.3 is 5.97 Å². The fraction of sp³-hybridized carbons (Fsp3) is 0.267. The van der Waals surface area contributed by atoms with E-state index in [-0.39, 0.29) is 12.1 Å². The molecule has 0 fully saturated rings. The van der Waals surface area contributed by atoms with Crippen LogP contribution in [0, 0.1) is 0 Å². The smallest absolute Gasteiger partial charge is 0.302 e. The van der Waals surface area contributed by atoms with Crippen LogP contribution in [0.2, 0.25) is 0 Å². The van der Waals surface area contributed by atoms with Crippen molar-refractivity contribution in [3.8, 4) is 0 Å². The molecule has 2 nitrogen and oxygen atoms in total. The van der Waals surface area contributed by atoms with Crippen molar-refractivity contribution in [2.24, 2.45) is 0 Å². The van der Waals surface area contributed by atoms with Gasteiger partial charge in [-0.2, -0.15) is 0 Å². The first-order valence-electron chi connectivity index (χ1n) is 5.80. The second-order valence-electron chi connectivity index (χ2n) is 4.26. The summed E-state index contributed by atoms with van der Waals surface area (Å²) in [7, 11) is 0. The molecule has 1 unspecified atom stereocenters. The zero-order valence-corrected chi connectivity index (χ0v) is 10.1. The molecule has 0 heterocycles. The van der Waals surface area contributed by atoms with Crippen LogP contribution in [-0.2, 0) is 16.0 Å². The van der Waals surface area contributed by atoms with Gasteiger partial charge in [-0.15, -0.1) is 0 Å². The van der Waals surface area contributed by atoms with Gasteiger partial charge in [0.1, 0.15) is 6.10 Å². The third-order valence-electron chi connectivity index (χ3n) is 2.75. The molecule has 17 heavy (non-hydrogen) atoms. The highest BCUT2D eigenvalue weighted by Crippen LogP contribution is 2.20. The summed E-state index contributed by atoms with van der Waals surface area (Å²) < 4.78 is 5.16. The molecule has 0 spiro atoms. The Labute approximate surface area is 101 Å². The number of carbonyl (C=O) groups excluding carboxylic acids is 1. The molecule has 2 heteroatoms. The van der Waals surface area contributed by atoms with E-state index in [9.17, 15) is 4.79 Å². The van der Waals surface area contributed by atoms with E-state index in [1.807, 2.05) is 25.1 Å². The summed E-state index contributed by atoms with van der Waals surface area (Å²) in [6.45, 7) is 3.36. The summed E-state index contributed by atoms with van der Waals surface area (Å²) in [5, 5.41) is 2.45. The van der Waals surface area contributed by atoms with Crippen LogP contribution in [0.4, 0.5) is 0 Å². The Morgan fingerprint density at radius 2 is 1.88 bits per heavy atom. The van der Waals surface area contributed by atoms with Crippen LogP contribution in [-0.4, -0.2) is 12.1 Å². The van der Waals surface area contributed by atoms with E-state index in [1.165, 1.54) is 23.3 Å². The number of rotatable bonds is 3. The van der Waals surface area contributed by atoms with Crippen molar-refractivity contribution in [1.82, 2.24) is 0 Å². The molecule has 0 aliphatic carbocycles. The molecule has 0 aliphatic heterocycles. The molecular formula is C15H16O2. The van der Waals surface area contributed by atoms with E-state index >= 15 is 0 Å². The third kappa shape index (κ3) is 2.84. The van der Waals surface area contributed by atoms with Gasteiger partial charge in [0.2, 0.25) is 0 Å². The molecule has 0 radical (unpaired) electrons. The fourth-order valence-corrected chi connectivity index (χ4v) is 2.11. The minimum atomic E-state index is -0.224. The highest BCUT2D eigenvalue weighted by Gasteiger charge is 2.08. The molecule has 1 atom stereocenters. The number of benzene rings is 2. The van der Waals surface area contributed by atoms with Crippen molar-refractivity contribution < 1.29 is 9.53 Å². The van der Waals surface area contributed by atoms with Crippen LogP contribution < -0.4 is 0 Å². The molecule has 88 valence electrons. The van der Waals surface area contributed by atoms with Gasteiger partial charge in [-0.05, 0) is 23.3 Å². The quantitative estimate of drug-likeness (QED) is 0.753. The molecule has 0 N–H and O–H groups in total. The summed E-state index contributed by atoms with van der Waals surface area (Å²) in [6.07, 6.45) is 0.666. The van der Waals surface area contributed by atoms with E-state index < -0.39 is 0 Å². The third-order valence-corrected chi connectivity index (χ3v) is 2.75. The molecule has 0 saturated heterocycles. The summed E-state index contributed by atoms with van der Waals surface area (Å²) in [5.74, 6) is -0.224.